The van der Waals surface area contributed by atoms with Crippen molar-refractivity contribution in [2.75, 3.05) is 11.9 Å². The number of rotatable bonds is 3. The highest BCUT2D eigenvalue weighted by atomic mass is 32.2. The molecular formula is C9H7F6NO2S. The Hall–Kier alpha value is -1.45. The standard InChI is InChI=1S/C9H7F6NO2S/c10-8(11,12)5-16-6-3-1-2-4-7(6)19(17,18)9(13,14)15/h1-4,16H,5H2. The summed E-state index contributed by atoms with van der Waals surface area (Å²) in [4.78, 5) is -1.24. The highest BCUT2D eigenvalue weighted by molar-refractivity contribution is 7.92. The van der Waals surface area contributed by atoms with Gasteiger partial charge in [-0.15, -0.1) is 0 Å². The minimum Gasteiger partial charge on any atom is -0.375 e. The van der Waals surface area contributed by atoms with Gasteiger partial charge in [0.05, 0.1) is 10.6 Å². The van der Waals surface area contributed by atoms with Crippen molar-refractivity contribution in [3.8, 4) is 0 Å². The molecule has 10 heteroatoms. The summed E-state index contributed by atoms with van der Waals surface area (Å²) in [6.07, 6.45) is -4.69. The third kappa shape index (κ3) is 3.75. The molecule has 19 heavy (non-hydrogen) atoms. The van der Waals surface area contributed by atoms with Gasteiger partial charge in [-0.1, -0.05) is 12.1 Å². The van der Waals surface area contributed by atoms with Crippen LogP contribution >= 0.6 is 0 Å². The molecule has 0 saturated carbocycles. The molecule has 0 fully saturated rings. The summed E-state index contributed by atoms with van der Waals surface area (Å²) < 4.78 is 95.2. The summed E-state index contributed by atoms with van der Waals surface area (Å²) in [6.45, 7) is -1.64. The van der Waals surface area contributed by atoms with E-state index in [0.717, 1.165) is 18.2 Å². The molecule has 0 spiro atoms. The van der Waals surface area contributed by atoms with Crippen molar-refractivity contribution >= 4 is 15.5 Å². The zero-order valence-electron chi connectivity index (χ0n) is 9.01. The van der Waals surface area contributed by atoms with Crippen molar-refractivity contribution < 1.29 is 34.8 Å². The van der Waals surface area contributed by atoms with Crippen molar-refractivity contribution in [2.45, 2.75) is 16.6 Å². The Kier molecular flexibility index (Phi) is 4.03. The molecule has 0 aliphatic carbocycles. The monoisotopic (exact) mass is 307 g/mol. The van der Waals surface area contributed by atoms with Gasteiger partial charge in [0.15, 0.2) is 0 Å². The van der Waals surface area contributed by atoms with Crippen LogP contribution in [-0.4, -0.2) is 26.6 Å². The Morgan fingerprint density at radius 2 is 1.53 bits per heavy atom. The van der Waals surface area contributed by atoms with Crippen molar-refractivity contribution in [2.24, 2.45) is 0 Å². The van der Waals surface area contributed by atoms with Crippen LogP contribution in [-0.2, 0) is 9.84 Å². The predicted octanol–water partition coefficient (Wildman–Crippen LogP) is 2.95. The van der Waals surface area contributed by atoms with Crippen molar-refractivity contribution in [1.82, 2.24) is 0 Å². The van der Waals surface area contributed by atoms with E-state index in [2.05, 4.69) is 0 Å². The lowest BCUT2D eigenvalue weighted by Gasteiger charge is -2.15. The Morgan fingerprint density at radius 3 is 2.00 bits per heavy atom. The Bertz CT molecular complexity index is 549. The quantitative estimate of drug-likeness (QED) is 0.873. The maximum absolute atomic E-state index is 12.3. The van der Waals surface area contributed by atoms with Gasteiger partial charge in [-0.3, -0.25) is 0 Å². The van der Waals surface area contributed by atoms with Crippen LogP contribution in [0.15, 0.2) is 29.2 Å². The third-order valence-corrected chi connectivity index (χ3v) is 3.51. The van der Waals surface area contributed by atoms with Gasteiger partial charge in [-0.25, -0.2) is 8.42 Å². The van der Waals surface area contributed by atoms with Crippen LogP contribution in [0, 0.1) is 0 Å². The molecule has 1 aromatic carbocycles. The maximum Gasteiger partial charge on any atom is 0.501 e. The lowest BCUT2D eigenvalue weighted by atomic mass is 10.3. The summed E-state index contributed by atoms with van der Waals surface area (Å²) in [7, 11) is -5.70. The number of hydrogen-bond donors (Lipinski definition) is 1. The van der Waals surface area contributed by atoms with E-state index in [4.69, 9.17) is 0 Å². The molecule has 0 aromatic heterocycles. The second-order valence-corrected chi connectivity index (χ2v) is 5.32. The third-order valence-electron chi connectivity index (χ3n) is 1.96. The zero-order chi connectivity index (χ0) is 14.9. The normalized spacial score (nSPS) is 13.4. The van der Waals surface area contributed by atoms with E-state index in [1.807, 2.05) is 0 Å². The highest BCUT2D eigenvalue weighted by Crippen LogP contribution is 2.34. The van der Waals surface area contributed by atoms with Gasteiger partial charge < -0.3 is 5.32 Å². The number of anilines is 1. The van der Waals surface area contributed by atoms with E-state index in [-0.39, 0.29) is 0 Å². The highest BCUT2D eigenvalue weighted by Gasteiger charge is 2.48. The first-order valence-corrected chi connectivity index (χ1v) is 6.14. The van der Waals surface area contributed by atoms with Gasteiger partial charge in [0.1, 0.15) is 6.54 Å². The Morgan fingerprint density at radius 1 is 1.00 bits per heavy atom. The summed E-state index contributed by atoms with van der Waals surface area (Å²) in [6, 6.07) is 3.51. The van der Waals surface area contributed by atoms with Crippen LogP contribution in [0.5, 0.6) is 0 Å². The molecule has 1 aromatic rings. The van der Waals surface area contributed by atoms with Gasteiger partial charge in [-0.05, 0) is 12.1 Å². The van der Waals surface area contributed by atoms with E-state index < -0.39 is 38.6 Å². The fraction of sp³-hybridized carbons (Fsp3) is 0.333. The minimum absolute atomic E-state index is 0.585. The van der Waals surface area contributed by atoms with Crippen LogP contribution in [0.2, 0.25) is 0 Å². The first-order valence-electron chi connectivity index (χ1n) is 4.66. The molecule has 1 N–H and O–H groups in total. The number of hydrogen-bond acceptors (Lipinski definition) is 3. The fourth-order valence-electron chi connectivity index (χ4n) is 1.17. The topological polar surface area (TPSA) is 46.2 Å². The number of halogens is 6. The molecule has 0 saturated heterocycles. The van der Waals surface area contributed by atoms with E-state index >= 15 is 0 Å². The SMILES string of the molecule is O=S(=O)(c1ccccc1NCC(F)(F)F)C(F)(F)F. The number of benzene rings is 1. The molecule has 0 unspecified atom stereocenters. The van der Waals surface area contributed by atoms with E-state index in [9.17, 15) is 34.8 Å². The molecule has 0 heterocycles. The Balaban J connectivity index is 3.18. The number of nitrogens with one attached hydrogen (secondary N) is 1. The fourth-order valence-corrected chi connectivity index (χ4v) is 2.10. The molecule has 0 aliphatic heterocycles. The van der Waals surface area contributed by atoms with E-state index in [0.29, 0.717) is 6.07 Å². The van der Waals surface area contributed by atoms with Crippen LogP contribution < -0.4 is 5.32 Å². The summed E-state index contributed by atoms with van der Waals surface area (Å²) >= 11 is 0. The Labute approximate surface area is 104 Å². The predicted molar refractivity (Wildman–Crippen MR) is 54.2 cm³/mol. The molecule has 0 atom stereocenters. The van der Waals surface area contributed by atoms with Crippen molar-refractivity contribution in [3.63, 3.8) is 0 Å². The van der Waals surface area contributed by atoms with Gasteiger partial charge in [0.25, 0.3) is 9.84 Å². The van der Waals surface area contributed by atoms with Crippen LogP contribution in [0.3, 0.4) is 0 Å². The number of para-hydroxylation sites is 1. The summed E-state index contributed by atoms with van der Waals surface area (Å²) in [5.74, 6) is 0. The first-order chi connectivity index (χ1) is 8.45. The average Bonchev–Trinajstić information content (AvgIpc) is 2.24. The maximum atomic E-state index is 12.3. The number of alkyl halides is 6. The second kappa shape index (κ2) is 4.91. The lowest BCUT2D eigenvalue weighted by Crippen LogP contribution is -2.26. The number of sulfone groups is 1. The van der Waals surface area contributed by atoms with Gasteiger partial charge in [0, 0.05) is 0 Å². The zero-order valence-corrected chi connectivity index (χ0v) is 9.83. The van der Waals surface area contributed by atoms with Crippen LogP contribution in [0.25, 0.3) is 0 Å². The van der Waals surface area contributed by atoms with E-state index in [1.54, 1.807) is 5.32 Å². The molecular weight excluding hydrogens is 300 g/mol. The minimum atomic E-state index is -5.70. The lowest BCUT2D eigenvalue weighted by molar-refractivity contribution is -0.115. The molecule has 0 bridgehead atoms. The van der Waals surface area contributed by atoms with Crippen molar-refractivity contribution in [3.05, 3.63) is 24.3 Å². The molecule has 3 nitrogen and oxygen atoms in total. The first kappa shape index (κ1) is 15.6. The largest absolute Gasteiger partial charge is 0.501 e. The van der Waals surface area contributed by atoms with Crippen LogP contribution in [0.1, 0.15) is 0 Å². The molecule has 0 amide bonds. The van der Waals surface area contributed by atoms with Gasteiger partial charge in [-0.2, -0.15) is 26.3 Å². The van der Waals surface area contributed by atoms with Crippen LogP contribution in [0.4, 0.5) is 32.0 Å². The molecule has 0 aliphatic rings. The van der Waals surface area contributed by atoms with Gasteiger partial charge >= 0.3 is 11.7 Å². The summed E-state index contributed by atoms with van der Waals surface area (Å²) in [5.41, 5.74) is -6.33. The van der Waals surface area contributed by atoms with E-state index in [1.165, 1.54) is 0 Å². The molecule has 0 radical (unpaired) electrons. The smallest absolute Gasteiger partial charge is 0.375 e. The molecule has 1 rings (SSSR count). The van der Waals surface area contributed by atoms with Gasteiger partial charge in [0.2, 0.25) is 0 Å². The second-order valence-electron chi connectivity index (χ2n) is 3.41. The summed E-state index contributed by atoms with van der Waals surface area (Å²) in [5, 5.41) is 1.63. The van der Waals surface area contributed by atoms with Crippen molar-refractivity contribution in [1.29, 1.82) is 0 Å². The average molecular weight is 307 g/mol. The molecule has 108 valence electrons.